The standard InChI is InChI=1S/C13H10F4N2O3/c14-12(4-2-1-3-8(12)11(21)22)6-7-5-9(13(15,16)17)10(20)19-18-7/h1-5,8H,6H2,(H,19,20)(H,21,22). The van der Waals surface area contributed by atoms with Crippen LogP contribution in [0.1, 0.15) is 11.3 Å². The smallest absolute Gasteiger partial charge is 0.421 e. The van der Waals surface area contributed by atoms with Crippen molar-refractivity contribution >= 4 is 5.97 Å². The number of hydrogen-bond donors (Lipinski definition) is 2. The van der Waals surface area contributed by atoms with Gasteiger partial charge in [0.15, 0.2) is 5.67 Å². The van der Waals surface area contributed by atoms with Crippen molar-refractivity contribution in [2.75, 3.05) is 0 Å². The highest BCUT2D eigenvalue weighted by Crippen LogP contribution is 2.33. The summed E-state index contributed by atoms with van der Waals surface area (Å²) in [5.41, 5.74) is -5.80. The van der Waals surface area contributed by atoms with Gasteiger partial charge >= 0.3 is 12.1 Å². The average molecular weight is 318 g/mol. The summed E-state index contributed by atoms with van der Waals surface area (Å²) >= 11 is 0. The first-order valence-corrected chi connectivity index (χ1v) is 6.07. The summed E-state index contributed by atoms with van der Waals surface area (Å²) in [7, 11) is 0. The number of halogens is 4. The van der Waals surface area contributed by atoms with Crippen LogP contribution in [0.15, 0.2) is 35.2 Å². The minimum Gasteiger partial charge on any atom is -0.481 e. The van der Waals surface area contributed by atoms with Crippen molar-refractivity contribution in [2.45, 2.75) is 18.3 Å². The van der Waals surface area contributed by atoms with Crippen molar-refractivity contribution in [3.05, 3.63) is 52.0 Å². The monoisotopic (exact) mass is 318 g/mol. The van der Waals surface area contributed by atoms with Crippen molar-refractivity contribution in [3.8, 4) is 0 Å². The lowest BCUT2D eigenvalue weighted by Crippen LogP contribution is -2.39. The summed E-state index contributed by atoms with van der Waals surface area (Å²) < 4.78 is 52.7. The molecule has 1 aromatic rings. The minimum atomic E-state index is -4.91. The Balaban J connectivity index is 2.38. The lowest BCUT2D eigenvalue weighted by atomic mass is 9.82. The number of nitrogens with one attached hydrogen (secondary N) is 1. The topological polar surface area (TPSA) is 83.0 Å². The highest BCUT2D eigenvalue weighted by molar-refractivity contribution is 5.75. The SMILES string of the molecule is O=C(O)C1C=CC=CC1(F)Cc1cc(C(F)(F)F)c(=O)[nH]n1. The molecular formula is C13H10F4N2O3. The first kappa shape index (κ1) is 15.9. The predicted octanol–water partition coefficient (Wildman–Crippen LogP) is 1.87. The molecule has 0 bridgehead atoms. The molecule has 2 unspecified atom stereocenters. The van der Waals surface area contributed by atoms with Crippen molar-refractivity contribution in [3.63, 3.8) is 0 Å². The van der Waals surface area contributed by atoms with E-state index in [1.807, 2.05) is 0 Å². The molecule has 0 spiro atoms. The molecule has 1 aromatic heterocycles. The highest BCUT2D eigenvalue weighted by Gasteiger charge is 2.42. The molecular weight excluding hydrogens is 308 g/mol. The van der Waals surface area contributed by atoms with Gasteiger partial charge in [0.05, 0.1) is 5.69 Å². The maximum Gasteiger partial charge on any atom is 0.421 e. The summed E-state index contributed by atoms with van der Waals surface area (Å²) in [6.45, 7) is 0. The van der Waals surface area contributed by atoms with Crippen molar-refractivity contribution in [1.82, 2.24) is 10.2 Å². The molecule has 2 rings (SSSR count). The number of hydrogen-bond acceptors (Lipinski definition) is 3. The summed E-state index contributed by atoms with van der Waals surface area (Å²) in [5, 5.41) is 14.0. The van der Waals surface area contributed by atoms with Gasteiger partial charge in [-0.05, 0) is 12.1 Å². The van der Waals surface area contributed by atoms with E-state index in [1.54, 1.807) is 5.10 Å². The van der Waals surface area contributed by atoms with Crippen molar-refractivity contribution < 1.29 is 27.5 Å². The maximum absolute atomic E-state index is 14.8. The number of rotatable bonds is 3. The van der Waals surface area contributed by atoms with E-state index in [4.69, 9.17) is 5.11 Å². The number of carbonyl (C=O) groups is 1. The third kappa shape index (κ3) is 3.07. The van der Waals surface area contributed by atoms with Crippen LogP contribution in [0.4, 0.5) is 17.6 Å². The second-order valence-corrected chi connectivity index (χ2v) is 4.76. The van der Waals surface area contributed by atoms with Gasteiger partial charge in [0.25, 0.3) is 5.56 Å². The maximum atomic E-state index is 14.8. The van der Waals surface area contributed by atoms with Crippen LogP contribution >= 0.6 is 0 Å². The van der Waals surface area contributed by atoms with E-state index < -0.39 is 47.0 Å². The number of alkyl halides is 4. The lowest BCUT2D eigenvalue weighted by Gasteiger charge is -2.28. The molecule has 1 aliphatic carbocycles. The van der Waals surface area contributed by atoms with Crippen LogP contribution in [0.2, 0.25) is 0 Å². The number of aromatic nitrogens is 2. The largest absolute Gasteiger partial charge is 0.481 e. The van der Waals surface area contributed by atoms with Crippen molar-refractivity contribution in [1.29, 1.82) is 0 Å². The number of carboxylic acid groups (broad SMARTS) is 1. The predicted molar refractivity (Wildman–Crippen MR) is 66.8 cm³/mol. The summed E-state index contributed by atoms with van der Waals surface area (Å²) in [5.74, 6) is -3.01. The van der Waals surface area contributed by atoms with Crippen LogP contribution in [-0.2, 0) is 17.4 Å². The van der Waals surface area contributed by atoms with E-state index in [9.17, 15) is 27.2 Å². The Morgan fingerprint density at radius 1 is 1.41 bits per heavy atom. The Kier molecular flexibility index (Phi) is 3.90. The summed E-state index contributed by atoms with van der Waals surface area (Å²) in [6.07, 6.45) is -0.994. The van der Waals surface area contributed by atoms with Gasteiger partial charge in [0, 0.05) is 6.42 Å². The zero-order valence-corrected chi connectivity index (χ0v) is 10.9. The molecule has 2 N–H and O–H groups in total. The van der Waals surface area contributed by atoms with Gasteiger partial charge in [-0.2, -0.15) is 18.3 Å². The molecule has 9 heteroatoms. The summed E-state index contributed by atoms with van der Waals surface area (Å²) in [4.78, 5) is 22.2. The molecule has 1 aliphatic rings. The van der Waals surface area contributed by atoms with Gasteiger partial charge in [0.1, 0.15) is 11.5 Å². The molecule has 0 amide bonds. The molecule has 0 saturated heterocycles. The van der Waals surface area contributed by atoms with E-state index in [1.165, 1.54) is 12.2 Å². The Morgan fingerprint density at radius 2 is 2.09 bits per heavy atom. The first-order valence-electron chi connectivity index (χ1n) is 6.07. The van der Waals surface area contributed by atoms with Gasteiger partial charge < -0.3 is 5.11 Å². The third-order valence-electron chi connectivity index (χ3n) is 3.19. The van der Waals surface area contributed by atoms with E-state index in [0.29, 0.717) is 6.07 Å². The number of carboxylic acids is 1. The number of aromatic amines is 1. The molecule has 0 fully saturated rings. The number of aliphatic carboxylic acids is 1. The van der Waals surface area contributed by atoms with Crippen LogP contribution in [0, 0.1) is 5.92 Å². The minimum absolute atomic E-state index is 0.402. The fourth-order valence-corrected chi connectivity index (χ4v) is 2.14. The Bertz CT molecular complexity index is 708. The fraction of sp³-hybridized carbons (Fsp3) is 0.308. The lowest BCUT2D eigenvalue weighted by molar-refractivity contribution is -0.144. The third-order valence-corrected chi connectivity index (χ3v) is 3.19. The van der Waals surface area contributed by atoms with Crippen LogP contribution in [0.25, 0.3) is 0 Å². The Morgan fingerprint density at radius 3 is 2.68 bits per heavy atom. The van der Waals surface area contributed by atoms with Gasteiger partial charge in [-0.3, -0.25) is 9.59 Å². The number of nitrogens with zero attached hydrogens (tertiary/aromatic N) is 1. The molecule has 0 aliphatic heterocycles. The molecule has 118 valence electrons. The molecule has 22 heavy (non-hydrogen) atoms. The van der Waals surface area contributed by atoms with Gasteiger partial charge in [-0.15, -0.1) is 0 Å². The number of allylic oxidation sites excluding steroid dienone is 3. The van der Waals surface area contributed by atoms with Gasteiger partial charge in [-0.25, -0.2) is 9.49 Å². The van der Waals surface area contributed by atoms with Crippen molar-refractivity contribution in [2.24, 2.45) is 5.92 Å². The van der Waals surface area contributed by atoms with Crippen LogP contribution in [0.3, 0.4) is 0 Å². The second-order valence-electron chi connectivity index (χ2n) is 4.76. The molecule has 2 atom stereocenters. The zero-order valence-electron chi connectivity index (χ0n) is 10.9. The average Bonchev–Trinajstić information content (AvgIpc) is 2.39. The van der Waals surface area contributed by atoms with Crippen LogP contribution in [-0.4, -0.2) is 26.9 Å². The van der Waals surface area contributed by atoms with Crippen LogP contribution in [0.5, 0.6) is 0 Å². The molecule has 0 saturated carbocycles. The van der Waals surface area contributed by atoms with Gasteiger partial charge in [-0.1, -0.05) is 18.2 Å². The van der Waals surface area contributed by atoms with E-state index >= 15 is 0 Å². The van der Waals surface area contributed by atoms with Gasteiger partial charge in [0.2, 0.25) is 0 Å². The van der Waals surface area contributed by atoms with E-state index in [2.05, 4.69) is 5.10 Å². The molecule has 0 aromatic carbocycles. The highest BCUT2D eigenvalue weighted by atomic mass is 19.4. The fourth-order valence-electron chi connectivity index (χ4n) is 2.14. The molecule has 5 nitrogen and oxygen atoms in total. The first-order chi connectivity index (χ1) is 10.1. The number of H-pyrrole nitrogens is 1. The van der Waals surface area contributed by atoms with E-state index in [-0.39, 0.29) is 0 Å². The zero-order chi connectivity index (χ0) is 16.5. The summed E-state index contributed by atoms with van der Waals surface area (Å²) in [6, 6.07) is 0.422. The quantitative estimate of drug-likeness (QED) is 0.834. The van der Waals surface area contributed by atoms with Crippen LogP contribution < -0.4 is 5.56 Å². The van der Waals surface area contributed by atoms with E-state index in [0.717, 1.165) is 12.2 Å². The second kappa shape index (κ2) is 5.39. The molecule has 1 heterocycles. The Labute approximate surface area is 121 Å². The Hall–Kier alpha value is -2.45. The molecule has 0 radical (unpaired) electrons. The normalized spacial score (nSPS) is 24.5.